The molecule has 1 aliphatic rings. The van der Waals surface area contributed by atoms with Crippen LogP contribution in [0.1, 0.15) is 37.3 Å². The molecule has 0 aromatic heterocycles. The monoisotopic (exact) mass is 316 g/mol. The molecule has 3 atom stereocenters. The minimum atomic E-state index is -0.0293. The van der Waals surface area contributed by atoms with Crippen molar-refractivity contribution in [1.29, 1.82) is 0 Å². The molecule has 1 aromatic rings. The summed E-state index contributed by atoms with van der Waals surface area (Å²) in [6.45, 7) is 0.674. The third kappa shape index (κ3) is 3.86. The van der Waals surface area contributed by atoms with Crippen LogP contribution >= 0.6 is 23.2 Å². The van der Waals surface area contributed by atoms with Crippen molar-refractivity contribution >= 4 is 23.2 Å². The number of hydrogen-bond donors (Lipinski definition) is 3. The molecule has 0 amide bonds. The summed E-state index contributed by atoms with van der Waals surface area (Å²) in [6.07, 6.45) is 4.51. The van der Waals surface area contributed by atoms with Crippen LogP contribution in [0.5, 0.6) is 0 Å². The van der Waals surface area contributed by atoms with Crippen LogP contribution in [0.4, 0.5) is 0 Å². The van der Waals surface area contributed by atoms with Gasteiger partial charge in [0.25, 0.3) is 0 Å². The summed E-state index contributed by atoms with van der Waals surface area (Å²) in [4.78, 5) is 0. The molecule has 3 unspecified atom stereocenters. The Morgan fingerprint density at radius 1 is 1.30 bits per heavy atom. The molecule has 0 heterocycles. The smallest absolute Gasteiger partial charge is 0.0474 e. The average Bonchev–Trinajstić information content (AvgIpc) is 2.48. The van der Waals surface area contributed by atoms with Crippen LogP contribution in [0.15, 0.2) is 18.2 Å². The number of hydrogen-bond acceptors (Lipinski definition) is 3. The third-order valence-electron chi connectivity index (χ3n) is 4.13. The third-order valence-corrected chi connectivity index (χ3v) is 4.71. The van der Waals surface area contributed by atoms with Crippen LogP contribution < -0.4 is 11.1 Å². The lowest BCUT2D eigenvalue weighted by atomic mass is 9.84. The highest BCUT2D eigenvalue weighted by molar-refractivity contribution is 6.33. The van der Waals surface area contributed by atoms with Crippen molar-refractivity contribution in [2.24, 2.45) is 11.7 Å². The van der Waals surface area contributed by atoms with E-state index in [2.05, 4.69) is 5.32 Å². The first-order valence-corrected chi connectivity index (χ1v) is 7.93. The molecule has 1 aliphatic carbocycles. The van der Waals surface area contributed by atoms with Gasteiger partial charge in [0, 0.05) is 35.3 Å². The van der Waals surface area contributed by atoms with Gasteiger partial charge < -0.3 is 16.2 Å². The number of rotatable bonds is 5. The first-order chi connectivity index (χ1) is 9.65. The van der Waals surface area contributed by atoms with Gasteiger partial charge in [0.1, 0.15) is 0 Å². The van der Waals surface area contributed by atoms with Gasteiger partial charge in [-0.2, -0.15) is 0 Å². The first-order valence-electron chi connectivity index (χ1n) is 7.17. The van der Waals surface area contributed by atoms with Crippen LogP contribution in [0.3, 0.4) is 0 Å². The van der Waals surface area contributed by atoms with Gasteiger partial charge in [0.15, 0.2) is 0 Å². The first kappa shape index (κ1) is 16.1. The van der Waals surface area contributed by atoms with Crippen LogP contribution in [-0.2, 0) is 0 Å². The summed E-state index contributed by atoms with van der Waals surface area (Å²) in [5, 5.41) is 14.4. The Kier molecular flexibility index (Phi) is 6.12. The maximum absolute atomic E-state index is 9.50. The molecule has 1 aromatic carbocycles. The Bertz CT molecular complexity index is 442. The minimum Gasteiger partial charge on any atom is -0.396 e. The molecule has 20 heavy (non-hydrogen) atoms. The lowest BCUT2D eigenvalue weighted by Crippen LogP contribution is -2.44. The molecule has 0 aliphatic heterocycles. The standard InChI is InChI=1S/C15H22Cl2N2O/c16-11-5-6-13(17)12(7-11)15(8-18)19-14-4-2-1-3-10(14)9-20/h5-7,10,14-15,19-20H,1-4,8-9,18H2. The van der Waals surface area contributed by atoms with Crippen molar-refractivity contribution in [2.45, 2.75) is 37.8 Å². The van der Waals surface area contributed by atoms with Gasteiger partial charge in [-0.1, -0.05) is 36.0 Å². The van der Waals surface area contributed by atoms with Crippen molar-refractivity contribution in [3.05, 3.63) is 33.8 Å². The van der Waals surface area contributed by atoms with E-state index in [1.807, 2.05) is 6.07 Å². The predicted molar refractivity (Wildman–Crippen MR) is 84.2 cm³/mol. The summed E-state index contributed by atoms with van der Waals surface area (Å²) >= 11 is 12.3. The van der Waals surface area contributed by atoms with E-state index in [1.165, 1.54) is 12.8 Å². The highest BCUT2D eigenvalue weighted by Crippen LogP contribution is 2.30. The highest BCUT2D eigenvalue weighted by Gasteiger charge is 2.27. The van der Waals surface area contributed by atoms with E-state index in [-0.39, 0.29) is 18.7 Å². The second kappa shape index (κ2) is 7.62. The summed E-state index contributed by atoms with van der Waals surface area (Å²) in [6, 6.07) is 5.70. The summed E-state index contributed by atoms with van der Waals surface area (Å²) in [5.74, 6) is 0.302. The fraction of sp³-hybridized carbons (Fsp3) is 0.600. The van der Waals surface area contributed by atoms with Crippen molar-refractivity contribution < 1.29 is 5.11 Å². The number of nitrogens with one attached hydrogen (secondary N) is 1. The Hall–Kier alpha value is -0.320. The largest absolute Gasteiger partial charge is 0.396 e. The van der Waals surface area contributed by atoms with Gasteiger partial charge in [0.05, 0.1) is 0 Å². The lowest BCUT2D eigenvalue weighted by Gasteiger charge is -2.34. The van der Waals surface area contributed by atoms with E-state index in [0.29, 0.717) is 22.5 Å². The quantitative estimate of drug-likeness (QED) is 0.782. The van der Waals surface area contributed by atoms with Gasteiger partial charge in [-0.3, -0.25) is 0 Å². The zero-order valence-electron chi connectivity index (χ0n) is 11.5. The van der Waals surface area contributed by atoms with Crippen LogP contribution in [0.25, 0.3) is 0 Å². The second-order valence-corrected chi connectivity index (χ2v) is 6.30. The van der Waals surface area contributed by atoms with E-state index in [9.17, 15) is 5.11 Å². The number of benzene rings is 1. The molecular formula is C15H22Cl2N2O. The summed E-state index contributed by atoms with van der Waals surface area (Å²) in [7, 11) is 0. The van der Waals surface area contributed by atoms with E-state index < -0.39 is 0 Å². The molecule has 5 heteroatoms. The Labute approximate surface area is 130 Å². The Balaban J connectivity index is 2.13. The maximum Gasteiger partial charge on any atom is 0.0474 e. The van der Waals surface area contributed by atoms with Crippen molar-refractivity contribution in [2.75, 3.05) is 13.2 Å². The van der Waals surface area contributed by atoms with Crippen molar-refractivity contribution in [3.63, 3.8) is 0 Å². The molecule has 0 saturated heterocycles. The number of aliphatic hydroxyl groups excluding tert-OH is 1. The van der Waals surface area contributed by atoms with Crippen molar-refractivity contribution in [3.8, 4) is 0 Å². The molecule has 3 nitrogen and oxygen atoms in total. The van der Waals surface area contributed by atoms with Gasteiger partial charge in [-0.25, -0.2) is 0 Å². The fourth-order valence-corrected chi connectivity index (χ4v) is 3.40. The molecule has 0 bridgehead atoms. The topological polar surface area (TPSA) is 58.3 Å². The summed E-state index contributed by atoms with van der Waals surface area (Å²) in [5.41, 5.74) is 6.84. The molecule has 4 N–H and O–H groups in total. The molecule has 112 valence electrons. The minimum absolute atomic E-state index is 0.0293. The van der Waals surface area contributed by atoms with E-state index in [4.69, 9.17) is 28.9 Å². The zero-order chi connectivity index (χ0) is 14.5. The molecule has 1 saturated carbocycles. The Morgan fingerprint density at radius 3 is 2.75 bits per heavy atom. The van der Waals surface area contributed by atoms with Gasteiger partial charge in [-0.15, -0.1) is 0 Å². The fourth-order valence-electron chi connectivity index (χ4n) is 2.97. The van der Waals surface area contributed by atoms with E-state index >= 15 is 0 Å². The van der Waals surface area contributed by atoms with E-state index in [0.717, 1.165) is 18.4 Å². The zero-order valence-corrected chi connectivity index (χ0v) is 13.0. The second-order valence-electron chi connectivity index (χ2n) is 5.45. The summed E-state index contributed by atoms with van der Waals surface area (Å²) < 4.78 is 0. The molecule has 1 fully saturated rings. The van der Waals surface area contributed by atoms with Gasteiger partial charge in [-0.05, 0) is 42.5 Å². The van der Waals surface area contributed by atoms with Gasteiger partial charge >= 0.3 is 0 Å². The lowest BCUT2D eigenvalue weighted by molar-refractivity contribution is 0.146. The normalized spacial score (nSPS) is 24.6. The number of aliphatic hydroxyl groups is 1. The SMILES string of the molecule is NCC(NC1CCCCC1CO)c1cc(Cl)ccc1Cl. The molecule has 0 radical (unpaired) electrons. The van der Waals surface area contributed by atoms with Crippen LogP contribution in [0.2, 0.25) is 10.0 Å². The van der Waals surface area contributed by atoms with Crippen LogP contribution in [0, 0.1) is 5.92 Å². The highest BCUT2D eigenvalue weighted by atomic mass is 35.5. The number of nitrogens with two attached hydrogens (primary N) is 1. The van der Waals surface area contributed by atoms with Gasteiger partial charge in [0.2, 0.25) is 0 Å². The average molecular weight is 317 g/mol. The number of halogens is 2. The maximum atomic E-state index is 9.50. The molecule has 2 rings (SSSR count). The van der Waals surface area contributed by atoms with Crippen molar-refractivity contribution in [1.82, 2.24) is 5.32 Å². The molecular weight excluding hydrogens is 295 g/mol. The Morgan fingerprint density at radius 2 is 2.05 bits per heavy atom. The van der Waals surface area contributed by atoms with Crippen LogP contribution in [-0.4, -0.2) is 24.3 Å². The predicted octanol–water partition coefficient (Wildman–Crippen LogP) is 3.13. The molecule has 0 spiro atoms. The van der Waals surface area contributed by atoms with E-state index in [1.54, 1.807) is 12.1 Å².